The molecule has 1 unspecified atom stereocenters. The van der Waals surface area contributed by atoms with Crippen LogP contribution in [-0.4, -0.2) is 50.1 Å². The lowest BCUT2D eigenvalue weighted by atomic mass is 9.90. The van der Waals surface area contributed by atoms with E-state index in [0.717, 1.165) is 13.0 Å². The van der Waals surface area contributed by atoms with Crippen LogP contribution >= 0.6 is 12.4 Å². The van der Waals surface area contributed by atoms with E-state index in [0.29, 0.717) is 35.8 Å². The van der Waals surface area contributed by atoms with Crippen LogP contribution in [-0.2, 0) is 4.79 Å². The molecule has 1 heterocycles. The van der Waals surface area contributed by atoms with Crippen molar-refractivity contribution in [2.75, 3.05) is 38.7 Å². The molecule has 1 aliphatic heterocycles. The van der Waals surface area contributed by atoms with Gasteiger partial charge in [0.15, 0.2) is 6.61 Å². The number of carbonyl (C=O) groups is 2. The second-order valence-electron chi connectivity index (χ2n) is 7.58. The van der Waals surface area contributed by atoms with E-state index < -0.39 is 0 Å². The van der Waals surface area contributed by atoms with Gasteiger partial charge in [0, 0.05) is 30.4 Å². The first-order valence-corrected chi connectivity index (χ1v) is 9.58. The van der Waals surface area contributed by atoms with E-state index in [4.69, 9.17) is 15.2 Å². The van der Waals surface area contributed by atoms with E-state index in [2.05, 4.69) is 12.2 Å². The third-order valence-electron chi connectivity index (χ3n) is 5.16. The number of hydrogen-bond donors (Lipinski definition) is 2. The lowest BCUT2D eigenvalue weighted by Gasteiger charge is -2.22. The molecule has 7 nitrogen and oxygen atoms in total. The minimum Gasteiger partial charge on any atom is -0.497 e. The summed E-state index contributed by atoms with van der Waals surface area (Å²) in [7, 11) is 1.57. The number of benzene rings is 2. The summed E-state index contributed by atoms with van der Waals surface area (Å²) in [4.78, 5) is 26.6. The largest absolute Gasteiger partial charge is 0.497 e. The second kappa shape index (κ2) is 10.3. The number of carbonyl (C=O) groups excluding carboxylic acids is 2. The summed E-state index contributed by atoms with van der Waals surface area (Å²) in [6.45, 7) is 3.93. The van der Waals surface area contributed by atoms with E-state index in [1.807, 2.05) is 4.90 Å². The number of likely N-dealkylation sites (tertiary alicyclic amines) is 1. The molecule has 30 heavy (non-hydrogen) atoms. The standard InChI is InChI=1S/C22H27N3O4.ClH/c1-22(14-23)10-11-25(15-22)21(27)16-6-8-18(9-7-16)29-13-20(26)24-17-4-3-5-19(12-17)28-2;/h3-9,12H,10-11,13-15,23H2,1-2H3,(H,24,26);1H. The molecule has 0 aromatic heterocycles. The highest BCUT2D eigenvalue weighted by molar-refractivity contribution is 5.94. The molecule has 2 aromatic carbocycles. The maximum absolute atomic E-state index is 12.7. The van der Waals surface area contributed by atoms with Crippen molar-refractivity contribution in [1.29, 1.82) is 0 Å². The Balaban J connectivity index is 0.00000320. The molecule has 1 fully saturated rings. The normalized spacial score (nSPS) is 17.8. The molecular formula is C22H28ClN3O4. The molecule has 0 radical (unpaired) electrons. The van der Waals surface area contributed by atoms with Gasteiger partial charge in [-0.3, -0.25) is 9.59 Å². The summed E-state index contributed by atoms with van der Waals surface area (Å²) in [6.07, 6.45) is 0.916. The van der Waals surface area contributed by atoms with Crippen molar-refractivity contribution >= 4 is 29.9 Å². The molecule has 0 aliphatic carbocycles. The van der Waals surface area contributed by atoms with Crippen LogP contribution in [0.2, 0.25) is 0 Å². The van der Waals surface area contributed by atoms with Gasteiger partial charge >= 0.3 is 0 Å². The van der Waals surface area contributed by atoms with E-state index in [1.165, 1.54) is 0 Å². The van der Waals surface area contributed by atoms with Crippen LogP contribution in [0, 0.1) is 5.41 Å². The predicted molar refractivity (Wildman–Crippen MR) is 118 cm³/mol. The fourth-order valence-corrected chi connectivity index (χ4v) is 3.29. The molecular weight excluding hydrogens is 406 g/mol. The minimum atomic E-state index is -0.281. The van der Waals surface area contributed by atoms with Crippen LogP contribution in [0.25, 0.3) is 0 Å². The Kier molecular flexibility index (Phi) is 8.08. The second-order valence-corrected chi connectivity index (χ2v) is 7.58. The summed E-state index contributed by atoms with van der Waals surface area (Å²) < 4.78 is 10.7. The van der Waals surface area contributed by atoms with Crippen molar-refractivity contribution in [3.05, 3.63) is 54.1 Å². The topological polar surface area (TPSA) is 93.9 Å². The van der Waals surface area contributed by atoms with Crippen molar-refractivity contribution in [3.8, 4) is 11.5 Å². The number of nitrogens with one attached hydrogen (secondary N) is 1. The maximum atomic E-state index is 12.7. The number of nitrogens with two attached hydrogens (primary N) is 1. The van der Waals surface area contributed by atoms with Gasteiger partial charge in [0.1, 0.15) is 11.5 Å². The molecule has 1 aliphatic rings. The Labute approximate surface area is 182 Å². The average molecular weight is 434 g/mol. The summed E-state index contributed by atoms with van der Waals surface area (Å²) in [5.74, 6) is 0.894. The van der Waals surface area contributed by atoms with Gasteiger partial charge in [0.05, 0.1) is 7.11 Å². The minimum absolute atomic E-state index is 0. The van der Waals surface area contributed by atoms with Crippen LogP contribution in [0.4, 0.5) is 5.69 Å². The highest BCUT2D eigenvalue weighted by Crippen LogP contribution is 2.29. The van der Waals surface area contributed by atoms with E-state index in [9.17, 15) is 9.59 Å². The van der Waals surface area contributed by atoms with Crippen molar-refractivity contribution in [2.45, 2.75) is 13.3 Å². The Morgan fingerprint density at radius 3 is 2.53 bits per heavy atom. The van der Waals surface area contributed by atoms with Crippen LogP contribution in [0.15, 0.2) is 48.5 Å². The van der Waals surface area contributed by atoms with Gasteiger partial charge in [0.2, 0.25) is 0 Å². The smallest absolute Gasteiger partial charge is 0.262 e. The number of amides is 2. The molecule has 0 spiro atoms. The first-order chi connectivity index (χ1) is 13.9. The highest BCUT2D eigenvalue weighted by Gasteiger charge is 2.35. The number of nitrogens with zero attached hydrogens (tertiary/aromatic N) is 1. The molecule has 2 amide bonds. The predicted octanol–water partition coefficient (Wildman–Crippen LogP) is 2.95. The number of rotatable bonds is 7. The molecule has 3 rings (SSSR count). The molecule has 0 bridgehead atoms. The monoisotopic (exact) mass is 433 g/mol. The molecule has 8 heteroatoms. The molecule has 0 saturated carbocycles. The summed E-state index contributed by atoms with van der Waals surface area (Å²) in [6, 6.07) is 13.9. The van der Waals surface area contributed by atoms with E-state index >= 15 is 0 Å². The first kappa shape index (κ1) is 23.5. The van der Waals surface area contributed by atoms with Crippen molar-refractivity contribution in [1.82, 2.24) is 4.90 Å². The highest BCUT2D eigenvalue weighted by atomic mass is 35.5. The SMILES string of the molecule is COc1cccc(NC(=O)COc2ccc(C(=O)N3CCC(C)(CN)C3)cc2)c1.Cl. The number of methoxy groups -OCH3 is 1. The Morgan fingerprint density at radius 2 is 1.90 bits per heavy atom. The molecule has 1 saturated heterocycles. The van der Waals surface area contributed by atoms with Gasteiger partial charge in [-0.05, 0) is 54.8 Å². The fraction of sp³-hybridized carbons (Fsp3) is 0.364. The third kappa shape index (κ3) is 5.87. The molecule has 162 valence electrons. The Bertz CT molecular complexity index is 875. The van der Waals surface area contributed by atoms with Gasteiger partial charge in [-0.25, -0.2) is 0 Å². The Hall–Kier alpha value is -2.77. The first-order valence-electron chi connectivity index (χ1n) is 9.58. The molecule has 3 N–H and O–H groups in total. The average Bonchev–Trinajstić information content (AvgIpc) is 3.15. The lowest BCUT2D eigenvalue weighted by molar-refractivity contribution is -0.118. The lowest BCUT2D eigenvalue weighted by Crippen LogP contribution is -2.34. The summed E-state index contributed by atoms with van der Waals surface area (Å²) >= 11 is 0. The van der Waals surface area contributed by atoms with Gasteiger partial charge < -0.3 is 25.4 Å². The zero-order valence-corrected chi connectivity index (χ0v) is 18.0. The fourth-order valence-electron chi connectivity index (χ4n) is 3.29. The van der Waals surface area contributed by atoms with Gasteiger partial charge in [-0.15, -0.1) is 12.4 Å². The van der Waals surface area contributed by atoms with E-state index in [-0.39, 0.29) is 36.2 Å². The van der Waals surface area contributed by atoms with Crippen molar-refractivity contribution in [3.63, 3.8) is 0 Å². The summed E-state index contributed by atoms with van der Waals surface area (Å²) in [5, 5.41) is 2.75. The van der Waals surface area contributed by atoms with Gasteiger partial charge in [0.25, 0.3) is 11.8 Å². The third-order valence-corrected chi connectivity index (χ3v) is 5.16. The van der Waals surface area contributed by atoms with Gasteiger partial charge in [-0.1, -0.05) is 13.0 Å². The number of anilines is 1. The molecule has 1 atom stereocenters. The van der Waals surface area contributed by atoms with Crippen LogP contribution < -0.4 is 20.5 Å². The van der Waals surface area contributed by atoms with Crippen LogP contribution in [0.1, 0.15) is 23.7 Å². The van der Waals surface area contributed by atoms with E-state index in [1.54, 1.807) is 55.6 Å². The van der Waals surface area contributed by atoms with Gasteiger partial charge in [-0.2, -0.15) is 0 Å². The quantitative estimate of drug-likeness (QED) is 0.700. The summed E-state index contributed by atoms with van der Waals surface area (Å²) in [5.41, 5.74) is 7.04. The maximum Gasteiger partial charge on any atom is 0.262 e. The number of hydrogen-bond acceptors (Lipinski definition) is 5. The zero-order chi connectivity index (χ0) is 20.9. The number of ether oxygens (including phenoxy) is 2. The zero-order valence-electron chi connectivity index (χ0n) is 17.2. The molecule has 2 aromatic rings. The van der Waals surface area contributed by atoms with Crippen LogP contribution in [0.3, 0.4) is 0 Å². The van der Waals surface area contributed by atoms with Crippen LogP contribution in [0.5, 0.6) is 11.5 Å². The number of halogens is 1. The Morgan fingerprint density at radius 1 is 1.17 bits per heavy atom. The van der Waals surface area contributed by atoms with Crippen molar-refractivity contribution in [2.24, 2.45) is 11.1 Å². The van der Waals surface area contributed by atoms with Crippen molar-refractivity contribution < 1.29 is 19.1 Å².